The lowest BCUT2D eigenvalue weighted by Gasteiger charge is -2.14. The van der Waals surface area contributed by atoms with E-state index in [1.54, 1.807) is 0 Å². The van der Waals surface area contributed by atoms with Gasteiger partial charge in [0.25, 0.3) is 10.0 Å². The molecule has 164 valence electrons. The van der Waals surface area contributed by atoms with Gasteiger partial charge in [-0.2, -0.15) is 4.31 Å². The van der Waals surface area contributed by atoms with Crippen molar-refractivity contribution in [2.75, 3.05) is 6.61 Å². The second kappa shape index (κ2) is 11.6. The van der Waals surface area contributed by atoms with E-state index in [9.17, 15) is 22.8 Å². The zero-order valence-corrected chi connectivity index (χ0v) is 18.0. The zero-order chi connectivity index (χ0) is 22.0. The molecule has 0 N–H and O–H groups in total. The van der Waals surface area contributed by atoms with Crippen molar-refractivity contribution in [1.29, 1.82) is 0 Å². The van der Waals surface area contributed by atoms with Gasteiger partial charge >= 0.3 is 5.97 Å². The van der Waals surface area contributed by atoms with Gasteiger partial charge in [0.15, 0.2) is 0 Å². The lowest BCUT2D eigenvalue weighted by Crippen LogP contribution is -2.35. The summed E-state index contributed by atoms with van der Waals surface area (Å²) in [5.74, 6) is -2.00. The minimum atomic E-state index is -4.24. The maximum absolute atomic E-state index is 12.5. The van der Waals surface area contributed by atoms with Crippen LogP contribution in [-0.2, 0) is 24.3 Å². The summed E-state index contributed by atoms with van der Waals surface area (Å²) in [6.45, 7) is 4.02. The first-order valence-corrected chi connectivity index (χ1v) is 11.8. The van der Waals surface area contributed by atoms with Crippen LogP contribution >= 0.6 is 0 Å². The number of carbonyl (C=O) groups is 3. The van der Waals surface area contributed by atoms with Crippen LogP contribution < -0.4 is 0 Å². The van der Waals surface area contributed by atoms with Gasteiger partial charge in [0.1, 0.15) is 0 Å². The van der Waals surface area contributed by atoms with Crippen molar-refractivity contribution in [3.8, 4) is 0 Å². The number of allylic oxidation sites excluding steroid dienone is 1. The van der Waals surface area contributed by atoms with Crippen LogP contribution in [0.25, 0.3) is 0 Å². The molecule has 1 saturated heterocycles. The fraction of sp³-hybridized carbons (Fsp3) is 0.500. The van der Waals surface area contributed by atoms with E-state index in [4.69, 9.17) is 4.74 Å². The van der Waals surface area contributed by atoms with E-state index < -0.39 is 27.8 Å². The van der Waals surface area contributed by atoms with Crippen molar-refractivity contribution < 1.29 is 27.5 Å². The van der Waals surface area contributed by atoms with Gasteiger partial charge in [0, 0.05) is 12.8 Å². The third-order valence-electron chi connectivity index (χ3n) is 4.92. The molecule has 2 rings (SSSR count). The molecule has 30 heavy (non-hydrogen) atoms. The van der Waals surface area contributed by atoms with E-state index in [1.165, 1.54) is 49.9 Å². The van der Waals surface area contributed by atoms with Crippen molar-refractivity contribution in [3.05, 3.63) is 42.5 Å². The fourth-order valence-electron chi connectivity index (χ4n) is 3.22. The molecule has 1 fully saturated rings. The molecule has 1 aromatic carbocycles. The largest absolute Gasteiger partial charge is 0.462 e. The molecule has 2 amide bonds. The van der Waals surface area contributed by atoms with Gasteiger partial charge in [-0.3, -0.25) is 9.59 Å². The Labute approximate surface area is 178 Å². The minimum Gasteiger partial charge on any atom is -0.462 e. The molecule has 0 saturated carbocycles. The number of nitrogens with zero attached hydrogens (tertiary/aromatic N) is 1. The van der Waals surface area contributed by atoms with Crippen LogP contribution in [0.4, 0.5) is 0 Å². The highest BCUT2D eigenvalue weighted by Crippen LogP contribution is 2.23. The van der Waals surface area contributed by atoms with E-state index >= 15 is 0 Å². The third-order valence-corrected chi connectivity index (χ3v) is 6.68. The molecular formula is C22H29NO6S. The Morgan fingerprint density at radius 3 is 2.03 bits per heavy atom. The number of sulfonamides is 1. The molecule has 0 bridgehead atoms. The van der Waals surface area contributed by atoms with E-state index in [2.05, 4.69) is 6.58 Å². The predicted octanol–water partition coefficient (Wildman–Crippen LogP) is 3.99. The van der Waals surface area contributed by atoms with Crippen LogP contribution in [-0.4, -0.2) is 37.1 Å². The topological polar surface area (TPSA) is 97.8 Å². The second-order valence-corrected chi connectivity index (χ2v) is 9.06. The Bertz CT molecular complexity index is 844. The number of unbranched alkanes of at least 4 members (excludes halogenated alkanes) is 7. The van der Waals surface area contributed by atoms with Crippen molar-refractivity contribution >= 4 is 27.8 Å². The number of rotatable bonds is 13. The van der Waals surface area contributed by atoms with Gasteiger partial charge in [-0.1, -0.05) is 38.2 Å². The summed E-state index contributed by atoms with van der Waals surface area (Å²) in [5, 5.41) is 0. The number of benzene rings is 1. The smallest absolute Gasteiger partial charge is 0.338 e. The molecule has 1 aliphatic heterocycles. The summed E-state index contributed by atoms with van der Waals surface area (Å²) in [7, 11) is -4.24. The van der Waals surface area contributed by atoms with Crippen molar-refractivity contribution in [2.24, 2.45) is 0 Å². The van der Waals surface area contributed by atoms with Gasteiger partial charge in [0.05, 0.1) is 17.1 Å². The standard InChI is InChI=1S/C22H29NO6S/c1-2-3-4-5-6-7-8-9-10-17-29-22(26)18-11-13-19(14-12-18)30(27,28)23-20(24)15-16-21(23)25/h2,11-14H,1,3-10,15-17H2. The van der Waals surface area contributed by atoms with Gasteiger partial charge in [-0.25, -0.2) is 13.2 Å². The Balaban J connectivity index is 1.74. The van der Waals surface area contributed by atoms with Crippen LogP contribution in [0.15, 0.2) is 41.8 Å². The molecule has 0 unspecified atom stereocenters. The van der Waals surface area contributed by atoms with E-state index in [0.717, 1.165) is 25.7 Å². The molecule has 8 heteroatoms. The summed E-state index contributed by atoms with van der Waals surface area (Å²) in [6, 6.07) is 5.06. The molecule has 0 spiro atoms. The van der Waals surface area contributed by atoms with Gasteiger partial charge < -0.3 is 4.74 Å². The number of esters is 1. The number of hydrogen-bond acceptors (Lipinski definition) is 6. The normalized spacial score (nSPS) is 14.2. The molecule has 0 aliphatic carbocycles. The molecular weight excluding hydrogens is 406 g/mol. The van der Waals surface area contributed by atoms with Gasteiger partial charge in [-0.15, -0.1) is 6.58 Å². The van der Waals surface area contributed by atoms with Crippen molar-refractivity contribution in [3.63, 3.8) is 0 Å². The van der Waals surface area contributed by atoms with Crippen LogP contribution in [0.5, 0.6) is 0 Å². The number of amides is 2. The number of carbonyl (C=O) groups excluding carboxylic acids is 3. The third kappa shape index (κ3) is 6.52. The van der Waals surface area contributed by atoms with E-state index in [1.807, 2.05) is 6.08 Å². The predicted molar refractivity (Wildman–Crippen MR) is 112 cm³/mol. The van der Waals surface area contributed by atoms with Crippen molar-refractivity contribution in [1.82, 2.24) is 4.31 Å². The van der Waals surface area contributed by atoms with Gasteiger partial charge in [-0.05, 0) is 43.5 Å². The average molecular weight is 436 g/mol. The van der Waals surface area contributed by atoms with Crippen LogP contribution in [0, 0.1) is 0 Å². The molecule has 0 aromatic heterocycles. The summed E-state index contributed by atoms with van der Waals surface area (Å²) < 4.78 is 30.5. The Morgan fingerprint density at radius 1 is 0.933 bits per heavy atom. The quantitative estimate of drug-likeness (QED) is 0.201. The lowest BCUT2D eigenvalue weighted by molar-refractivity contribution is -0.132. The SMILES string of the molecule is C=CCCCCCCCCCOC(=O)c1ccc(S(=O)(=O)N2C(=O)CCC2=O)cc1. The lowest BCUT2D eigenvalue weighted by atomic mass is 10.1. The zero-order valence-electron chi connectivity index (χ0n) is 17.2. The Hall–Kier alpha value is -2.48. The molecule has 1 aromatic rings. The minimum absolute atomic E-state index is 0.113. The van der Waals surface area contributed by atoms with Crippen LogP contribution in [0.2, 0.25) is 0 Å². The van der Waals surface area contributed by atoms with E-state index in [-0.39, 0.29) is 23.3 Å². The highest BCUT2D eigenvalue weighted by atomic mass is 32.2. The van der Waals surface area contributed by atoms with E-state index in [0.29, 0.717) is 10.9 Å². The van der Waals surface area contributed by atoms with Crippen LogP contribution in [0.1, 0.15) is 74.6 Å². The number of ether oxygens (including phenoxy) is 1. The van der Waals surface area contributed by atoms with Crippen molar-refractivity contribution in [2.45, 2.75) is 69.1 Å². The highest BCUT2D eigenvalue weighted by molar-refractivity contribution is 7.90. The fourth-order valence-corrected chi connectivity index (χ4v) is 4.62. The number of imide groups is 1. The summed E-state index contributed by atoms with van der Waals surface area (Å²) in [5.41, 5.74) is 0.218. The maximum Gasteiger partial charge on any atom is 0.338 e. The van der Waals surface area contributed by atoms with Crippen LogP contribution in [0.3, 0.4) is 0 Å². The maximum atomic E-state index is 12.5. The molecule has 0 atom stereocenters. The first-order valence-electron chi connectivity index (χ1n) is 10.4. The first-order chi connectivity index (χ1) is 14.4. The molecule has 7 nitrogen and oxygen atoms in total. The molecule has 1 heterocycles. The summed E-state index contributed by atoms with van der Waals surface area (Å²) in [4.78, 5) is 35.3. The Morgan fingerprint density at radius 2 is 1.47 bits per heavy atom. The highest BCUT2D eigenvalue weighted by Gasteiger charge is 2.39. The summed E-state index contributed by atoms with van der Waals surface area (Å²) >= 11 is 0. The Kier molecular flexibility index (Phi) is 9.23. The number of hydrogen-bond donors (Lipinski definition) is 0. The summed E-state index contributed by atoms with van der Waals surface area (Å²) in [6.07, 6.45) is 10.4. The van der Waals surface area contributed by atoms with Gasteiger partial charge in [0.2, 0.25) is 11.8 Å². The first kappa shape index (κ1) is 23.8. The second-order valence-electron chi connectivity index (χ2n) is 7.27. The monoisotopic (exact) mass is 435 g/mol. The molecule has 0 radical (unpaired) electrons. The molecule has 1 aliphatic rings. The average Bonchev–Trinajstić information content (AvgIpc) is 3.08.